The molecule has 2 saturated carbocycles. The largest absolute Gasteiger partial charge is 0.352 e. The van der Waals surface area contributed by atoms with E-state index in [9.17, 15) is 14.4 Å². The molecule has 21 heavy (non-hydrogen) atoms. The summed E-state index contributed by atoms with van der Waals surface area (Å²) in [5, 5.41) is 2.95. The number of carbonyl (C=O) groups is 3. The lowest BCUT2D eigenvalue weighted by atomic mass is 9.85. The van der Waals surface area contributed by atoms with E-state index >= 15 is 0 Å². The zero-order valence-corrected chi connectivity index (χ0v) is 12.0. The van der Waals surface area contributed by atoms with Gasteiger partial charge in [-0.1, -0.05) is 25.0 Å². The number of rotatable bonds is 3. The second-order valence-corrected chi connectivity index (χ2v) is 6.81. The first-order valence-electron chi connectivity index (χ1n) is 7.98. The number of hydrogen-bond donors (Lipinski definition) is 1. The molecule has 4 unspecified atom stereocenters. The standard InChI is InChI=1S/C16H20N2O3/c19-12(17-11-3-1-2-4-11)8-18-15(20)13-9-5-6-10(7-9)14(13)16(18)21/h5-6,9-11,13-14H,1-4,7-8H2,(H,17,19). The Kier molecular flexibility index (Phi) is 2.91. The third-order valence-corrected chi connectivity index (χ3v) is 5.58. The monoisotopic (exact) mass is 288 g/mol. The molecule has 5 nitrogen and oxygen atoms in total. The number of likely N-dealkylation sites (tertiary alicyclic amines) is 1. The van der Waals surface area contributed by atoms with Crippen LogP contribution in [-0.4, -0.2) is 35.2 Å². The molecule has 1 heterocycles. The maximum absolute atomic E-state index is 12.5. The van der Waals surface area contributed by atoms with E-state index in [1.807, 2.05) is 0 Å². The van der Waals surface area contributed by atoms with Gasteiger partial charge in [-0.05, 0) is 31.1 Å². The van der Waals surface area contributed by atoms with Gasteiger partial charge in [0.25, 0.3) is 0 Å². The number of fused-ring (bicyclic) bond motifs is 5. The van der Waals surface area contributed by atoms with Crippen LogP contribution in [0.1, 0.15) is 32.1 Å². The van der Waals surface area contributed by atoms with E-state index < -0.39 is 0 Å². The van der Waals surface area contributed by atoms with E-state index in [2.05, 4.69) is 17.5 Å². The van der Waals surface area contributed by atoms with E-state index in [1.54, 1.807) is 0 Å². The van der Waals surface area contributed by atoms with Crippen LogP contribution >= 0.6 is 0 Å². The summed E-state index contributed by atoms with van der Waals surface area (Å²) in [5.41, 5.74) is 0. The van der Waals surface area contributed by atoms with Gasteiger partial charge in [-0.3, -0.25) is 19.3 Å². The Hall–Kier alpha value is -1.65. The average Bonchev–Trinajstić information content (AvgIpc) is 3.20. The van der Waals surface area contributed by atoms with Crippen molar-refractivity contribution >= 4 is 17.7 Å². The van der Waals surface area contributed by atoms with Crippen molar-refractivity contribution in [2.45, 2.75) is 38.1 Å². The van der Waals surface area contributed by atoms with E-state index in [0.29, 0.717) is 0 Å². The fourth-order valence-corrected chi connectivity index (χ4v) is 4.61. The summed E-state index contributed by atoms with van der Waals surface area (Å²) in [7, 11) is 0. The summed E-state index contributed by atoms with van der Waals surface area (Å²) in [6, 6.07) is 0.225. The lowest BCUT2D eigenvalue weighted by Gasteiger charge is -2.18. The smallest absolute Gasteiger partial charge is 0.240 e. The fourth-order valence-electron chi connectivity index (χ4n) is 4.61. The van der Waals surface area contributed by atoms with Crippen molar-refractivity contribution in [1.29, 1.82) is 0 Å². The molecule has 112 valence electrons. The molecule has 0 radical (unpaired) electrons. The first-order valence-corrected chi connectivity index (χ1v) is 7.98. The average molecular weight is 288 g/mol. The number of hydrogen-bond acceptors (Lipinski definition) is 3. The van der Waals surface area contributed by atoms with Crippen LogP contribution in [0.5, 0.6) is 0 Å². The maximum Gasteiger partial charge on any atom is 0.240 e. The van der Waals surface area contributed by atoms with Gasteiger partial charge in [-0.15, -0.1) is 0 Å². The molecule has 3 aliphatic carbocycles. The van der Waals surface area contributed by atoms with Gasteiger partial charge in [0.05, 0.1) is 11.8 Å². The van der Waals surface area contributed by atoms with Gasteiger partial charge < -0.3 is 5.32 Å². The van der Waals surface area contributed by atoms with E-state index in [0.717, 1.165) is 32.1 Å². The van der Waals surface area contributed by atoms with Crippen molar-refractivity contribution in [2.24, 2.45) is 23.7 Å². The van der Waals surface area contributed by atoms with Gasteiger partial charge in [0.15, 0.2) is 0 Å². The Bertz CT molecular complexity index is 506. The lowest BCUT2D eigenvalue weighted by Crippen LogP contribution is -2.44. The van der Waals surface area contributed by atoms with Crippen molar-refractivity contribution in [3.05, 3.63) is 12.2 Å². The van der Waals surface area contributed by atoms with Gasteiger partial charge in [-0.2, -0.15) is 0 Å². The van der Waals surface area contributed by atoms with E-state index in [1.165, 1.54) is 4.90 Å². The van der Waals surface area contributed by atoms with Gasteiger partial charge in [0.1, 0.15) is 6.54 Å². The molecule has 0 spiro atoms. The molecule has 2 bridgehead atoms. The van der Waals surface area contributed by atoms with E-state index in [-0.39, 0.29) is 54.0 Å². The normalized spacial score (nSPS) is 37.6. The Labute approximate surface area is 123 Å². The highest BCUT2D eigenvalue weighted by Gasteiger charge is 2.59. The minimum Gasteiger partial charge on any atom is -0.352 e. The zero-order chi connectivity index (χ0) is 14.6. The molecule has 0 aromatic rings. The van der Waals surface area contributed by atoms with Crippen LogP contribution in [0, 0.1) is 23.7 Å². The molecule has 4 aliphatic rings. The van der Waals surface area contributed by atoms with E-state index in [4.69, 9.17) is 0 Å². The van der Waals surface area contributed by atoms with Gasteiger partial charge >= 0.3 is 0 Å². The van der Waals surface area contributed by atoms with Gasteiger partial charge in [-0.25, -0.2) is 0 Å². The summed E-state index contributed by atoms with van der Waals surface area (Å²) >= 11 is 0. The molecule has 1 aliphatic heterocycles. The van der Waals surface area contributed by atoms with Crippen LogP contribution in [0.4, 0.5) is 0 Å². The Morgan fingerprint density at radius 1 is 1.10 bits per heavy atom. The topological polar surface area (TPSA) is 66.5 Å². The number of allylic oxidation sites excluding steroid dienone is 2. The van der Waals surface area contributed by atoms with Crippen molar-refractivity contribution in [2.75, 3.05) is 6.54 Å². The first-order chi connectivity index (χ1) is 10.1. The van der Waals surface area contributed by atoms with Crippen LogP contribution in [-0.2, 0) is 14.4 Å². The highest BCUT2D eigenvalue weighted by Crippen LogP contribution is 2.52. The molecule has 4 atom stereocenters. The first kappa shape index (κ1) is 13.0. The van der Waals surface area contributed by atoms with Gasteiger partial charge in [0.2, 0.25) is 17.7 Å². The van der Waals surface area contributed by atoms with Crippen LogP contribution in [0.15, 0.2) is 12.2 Å². The van der Waals surface area contributed by atoms with Crippen LogP contribution in [0.2, 0.25) is 0 Å². The Morgan fingerprint density at radius 2 is 1.67 bits per heavy atom. The summed E-state index contributed by atoms with van der Waals surface area (Å²) in [6.45, 7) is -0.0966. The molecule has 5 heteroatoms. The minimum atomic E-state index is -0.202. The predicted molar refractivity (Wildman–Crippen MR) is 74.8 cm³/mol. The number of carbonyl (C=O) groups excluding carboxylic acids is 3. The molecule has 1 saturated heterocycles. The van der Waals surface area contributed by atoms with Crippen molar-refractivity contribution in [3.8, 4) is 0 Å². The summed E-state index contributed by atoms with van der Waals surface area (Å²) in [4.78, 5) is 38.2. The zero-order valence-electron chi connectivity index (χ0n) is 12.0. The predicted octanol–water partition coefficient (Wildman–Crippen LogP) is 0.852. The third-order valence-electron chi connectivity index (χ3n) is 5.58. The maximum atomic E-state index is 12.5. The highest BCUT2D eigenvalue weighted by molar-refractivity contribution is 6.08. The van der Waals surface area contributed by atoms with Crippen LogP contribution in [0.3, 0.4) is 0 Å². The molecule has 3 amide bonds. The molecule has 0 aromatic carbocycles. The number of nitrogens with one attached hydrogen (secondary N) is 1. The number of amides is 3. The SMILES string of the molecule is O=C(CN1C(=O)C2C3C=CC(C3)C2C1=O)NC1CCCC1. The molecule has 4 rings (SSSR count). The molecule has 0 aromatic heterocycles. The quantitative estimate of drug-likeness (QED) is 0.618. The minimum absolute atomic E-state index is 0.0966. The summed E-state index contributed by atoms with van der Waals surface area (Å²) in [6.07, 6.45) is 9.37. The highest BCUT2D eigenvalue weighted by atomic mass is 16.2. The van der Waals surface area contributed by atoms with Gasteiger partial charge in [0, 0.05) is 6.04 Å². The van der Waals surface area contributed by atoms with Crippen molar-refractivity contribution in [3.63, 3.8) is 0 Å². The van der Waals surface area contributed by atoms with Crippen LogP contribution < -0.4 is 5.32 Å². The van der Waals surface area contributed by atoms with Crippen LogP contribution in [0.25, 0.3) is 0 Å². The Balaban J connectivity index is 1.43. The number of nitrogens with zero attached hydrogens (tertiary/aromatic N) is 1. The summed E-state index contributed by atoms with van der Waals surface area (Å²) < 4.78 is 0. The molecular formula is C16H20N2O3. The number of imide groups is 1. The van der Waals surface area contributed by atoms with Crippen molar-refractivity contribution in [1.82, 2.24) is 10.2 Å². The molecular weight excluding hydrogens is 268 g/mol. The Morgan fingerprint density at radius 3 is 2.24 bits per heavy atom. The molecule has 1 N–H and O–H groups in total. The van der Waals surface area contributed by atoms with Crippen molar-refractivity contribution < 1.29 is 14.4 Å². The third kappa shape index (κ3) is 1.93. The lowest BCUT2D eigenvalue weighted by molar-refractivity contribution is -0.144. The fraction of sp³-hybridized carbons (Fsp3) is 0.688. The summed E-state index contributed by atoms with van der Waals surface area (Å²) in [5.74, 6) is -0.451. The molecule has 3 fully saturated rings. The second kappa shape index (κ2) is 4.68. The second-order valence-electron chi connectivity index (χ2n) is 6.81.